The van der Waals surface area contributed by atoms with Gasteiger partial charge in [0.05, 0.1) is 0 Å². The second-order valence-electron chi connectivity index (χ2n) is 4.47. The SMILES string of the molecule is CC(C)c1cc(C(C)C)n2nnnc2c1. The summed E-state index contributed by atoms with van der Waals surface area (Å²) in [7, 11) is 0. The molecule has 2 aromatic heterocycles. The average Bonchev–Trinajstić information content (AvgIpc) is 2.62. The van der Waals surface area contributed by atoms with Crippen LogP contribution >= 0.6 is 0 Å². The van der Waals surface area contributed by atoms with E-state index in [9.17, 15) is 0 Å². The lowest BCUT2D eigenvalue weighted by Gasteiger charge is -2.11. The Bertz CT molecular complexity index is 470. The molecule has 0 aromatic carbocycles. The van der Waals surface area contributed by atoms with Crippen molar-refractivity contribution in [2.24, 2.45) is 0 Å². The van der Waals surface area contributed by atoms with Crippen LogP contribution in [0.1, 0.15) is 50.8 Å². The van der Waals surface area contributed by atoms with E-state index in [0.717, 1.165) is 5.65 Å². The number of aromatic nitrogens is 4. The molecule has 0 aliphatic rings. The Hall–Kier alpha value is -1.45. The van der Waals surface area contributed by atoms with Crippen LogP contribution in [0.2, 0.25) is 0 Å². The van der Waals surface area contributed by atoms with Gasteiger partial charge in [-0.05, 0) is 40.0 Å². The summed E-state index contributed by atoms with van der Waals surface area (Å²) in [6.07, 6.45) is 0. The zero-order valence-electron chi connectivity index (χ0n) is 9.60. The van der Waals surface area contributed by atoms with Crippen molar-refractivity contribution in [2.75, 3.05) is 0 Å². The van der Waals surface area contributed by atoms with Crippen LogP contribution in [0.3, 0.4) is 0 Å². The van der Waals surface area contributed by atoms with E-state index in [1.807, 2.05) is 4.52 Å². The fourth-order valence-corrected chi connectivity index (χ4v) is 1.64. The quantitative estimate of drug-likeness (QED) is 0.754. The van der Waals surface area contributed by atoms with Gasteiger partial charge in [-0.1, -0.05) is 27.7 Å². The van der Waals surface area contributed by atoms with Crippen molar-refractivity contribution in [3.8, 4) is 0 Å². The van der Waals surface area contributed by atoms with Gasteiger partial charge in [0.25, 0.3) is 0 Å². The summed E-state index contributed by atoms with van der Waals surface area (Å²) in [6, 6.07) is 4.25. The smallest absolute Gasteiger partial charge is 0.179 e. The van der Waals surface area contributed by atoms with Gasteiger partial charge in [0.2, 0.25) is 0 Å². The van der Waals surface area contributed by atoms with Gasteiger partial charge in [-0.15, -0.1) is 5.10 Å². The van der Waals surface area contributed by atoms with Crippen LogP contribution in [0.15, 0.2) is 12.1 Å². The van der Waals surface area contributed by atoms with Crippen LogP contribution in [-0.2, 0) is 0 Å². The number of tetrazole rings is 1. The molecule has 0 amide bonds. The van der Waals surface area contributed by atoms with Crippen molar-refractivity contribution in [1.29, 1.82) is 0 Å². The first-order valence-corrected chi connectivity index (χ1v) is 5.31. The number of rotatable bonds is 2. The second kappa shape index (κ2) is 3.61. The molecule has 2 rings (SSSR count). The van der Waals surface area contributed by atoms with E-state index in [2.05, 4.69) is 55.4 Å². The summed E-state index contributed by atoms with van der Waals surface area (Å²) in [6.45, 7) is 8.67. The second-order valence-corrected chi connectivity index (χ2v) is 4.47. The molecule has 0 radical (unpaired) electrons. The summed E-state index contributed by atoms with van der Waals surface area (Å²) in [5, 5.41) is 11.7. The lowest BCUT2D eigenvalue weighted by Crippen LogP contribution is -2.03. The topological polar surface area (TPSA) is 43.1 Å². The zero-order valence-corrected chi connectivity index (χ0v) is 9.60. The Morgan fingerprint density at radius 2 is 1.80 bits per heavy atom. The van der Waals surface area contributed by atoms with E-state index in [-0.39, 0.29) is 0 Å². The lowest BCUT2D eigenvalue weighted by atomic mass is 10.0. The molecule has 4 nitrogen and oxygen atoms in total. The van der Waals surface area contributed by atoms with Gasteiger partial charge in [-0.2, -0.15) is 4.52 Å². The zero-order chi connectivity index (χ0) is 11.0. The molecule has 0 saturated carbocycles. The van der Waals surface area contributed by atoms with E-state index < -0.39 is 0 Å². The van der Waals surface area contributed by atoms with Gasteiger partial charge in [0.1, 0.15) is 0 Å². The molecule has 2 heterocycles. The number of hydrogen-bond acceptors (Lipinski definition) is 3. The van der Waals surface area contributed by atoms with Crippen molar-refractivity contribution >= 4 is 5.65 Å². The molecule has 80 valence electrons. The van der Waals surface area contributed by atoms with Gasteiger partial charge in [-0.25, -0.2) is 0 Å². The third-order valence-electron chi connectivity index (χ3n) is 2.61. The Labute approximate surface area is 89.3 Å². The van der Waals surface area contributed by atoms with Gasteiger partial charge in [0.15, 0.2) is 5.65 Å². The molecule has 0 aliphatic carbocycles. The summed E-state index contributed by atoms with van der Waals surface area (Å²) < 4.78 is 1.82. The maximum absolute atomic E-state index is 4.01. The van der Waals surface area contributed by atoms with Crippen molar-refractivity contribution in [1.82, 2.24) is 20.0 Å². The minimum Gasteiger partial charge on any atom is -0.197 e. The normalized spacial score (nSPS) is 11.9. The Kier molecular flexibility index (Phi) is 2.42. The first kappa shape index (κ1) is 10.1. The third kappa shape index (κ3) is 1.71. The molecule has 0 spiro atoms. The van der Waals surface area contributed by atoms with Crippen molar-refractivity contribution < 1.29 is 0 Å². The lowest BCUT2D eigenvalue weighted by molar-refractivity contribution is 0.717. The molecule has 0 atom stereocenters. The fourth-order valence-electron chi connectivity index (χ4n) is 1.64. The Morgan fingerprint density at radius 1 is 1.07 bits per heavy atom. The van der Waals surface area contributed by atoms with Crippen molar-refractivity contribution in [2.45, 2.75) is 39.5 Å². The summed E-state index contributed by atoms with van der Waals surface area (Å²) >= 11 is 0. The highest BCUT2D eigenvalue weighted by Crippen LogP contribution is 2.22. The highest BCUT2D eigenvalue weighted by Gasteiger charge is 2.11. The molecule has 4 heteroatoms. The summed E-state index contributed by atoms with van der Waals surface area (Å²) in [5.74, 6) is 0.930. The molecule has 15 heavy (non-hydrogen) atoms. The molecule has 0 bridgehead atoms. The van der Waals surface area contributed by atoms with Gasteiger partial charge >= 0.3 is 0 Å². The van der Waals surface area contributed by atoms with Crippen molar-refractivity contribution in [3.05, 3.63) is 23.4 Å². The van der Waals surface area contributed by atoms with E-state index in [0.29, 0.717) is 11.8 Å². The first-order valence-electron chi connectivity index (χ1n) is 5.31. The molecule has 0 fully saturated rings. The molecule has 0 unspecified atom stereocenters. The van der Waals surface area contributed by atoms with Gasteiger partial charge in [-0.3, -0.25) is 0 Å². The highest BCUT2D eigenvalue weighted by molar-refractivity contribution is 5.42. The number of nitrogens with zero attached hydrogens (tertiary/aromatic N) is 4. The van der Waals surface area contributed by atoms with E-state index in [4.69, 9.17) is 0 Å². The minimum atomic E-state index is 0.426. The monoisotopic (exact) mass is 204 g/mol. The third-order valence-corrected chi connectivity index (χ3v) is 2.61. The molecular formula is C11H16N4. The Morgan fingerprint density at radius 3 is 2.40 bits per heavy atom. The summed E-state index contributed by atoms with van der Waals surface area (Å²) in [4.78, 5) is 0. The standard InChI is InChI=1S/C11H16N4/c1-7(2)9-5-10(8(3)4)15-11(6-9)12-13-14-15/h5-8H,1-4H3. The van der Waals surface area contributed by atoms with Gasteiger partial charge < -0.3 is 0 Å². The van der Waals surface area contributed by atoms with Crippen molar-refractivity contribution in [3.63, 3.8) is 0 Å². The molecule has 2 aromatic rings. The maximum Gasteiger partial charge on any atom is 0.179 e. The van der Waals surface area contributed by atoms with E-state index >= 15 is 0 Å². The highest BCUT2D eigenvalue weighted by atomic mass is 15.5. The average molecular weight is 204 g/mol. The van der Waals surface area contributed by atoms with E-state index in [1.54, 1.807) is 0 Å². The Balaban J connectivity index is 2.69. The first-order chi connectivity index (χ1) is 7.09. The van der Waals surface area contributed by atoms with Crippen LogP contribution in [0.4, 0.5) is 0 Å². The minimum absolute atomic E-state index is 0.426. The number of hydrogen-bond donors (Lipinski definition) is 0. The molecule has 0 N–H and O–H groups in total. The number of fused-ring (bicyclic) bond motifs is 1. The summed E-state index contributed by atoms with van der Waals surface area (Å²) in [5.41, 5.74) is 3.30. The maximum atomic E-state index is 4.01. The van der Waals surface area contributed by atoms with E-state index in [1.165, 1.54) is 11.3 Å². The van der Waals surface area contributed by atoms with Crippen LogP contribution < -0.4 is 0 Å². The molecule has 0 aliphatic heterocycles. The van der Waals surface area contributed by atoms with Crippen LogP contribution in [-0.4, -0.2) is 20.0 Å². The fraction of sp³-hybridized carbons (Fsp3) is 0.545. The van der Waals surface area contributed by atoms with Gasteiger partial charge in [0, 0.05) is 5.69 Å². The van der Waals surface area contributed by atoms with Crippen LogP contribution in [0, 0.1) is 0 Å². The number of pyridine rings is 1. The molecule has 0 saturated heterocycles. The predicted molar refractivity (Wildman–Crippen MR) is 59.0 cm³/mol. The molecular weight excluding hydrogens is 188 g/mol. The van der Waals surface area contributed by atoms with Crippen LogP contribution in [0.25, 0.3) is 5.65 Å². The largest absolute Gasteiger partial charge is 0.197 e. The van der Waals surface area contributed by atoms with Crippen LogP contribution in [0.5, 0.6) is 0 Å². The predicted octanol–water partition coefficient (Wildman–Crippen LogP) is 2.37.